The minimum absolute atomic E-state index is 0.0791. The molecule has 0 atom stereocenters. The van der Waals surface area contributed by atoms with Crippen LogP contribution in [0.5, 0.6) is 0 Å². The lowest BCUT2D eigenvalue weighted by atomic mass is 10.1. The van der Waals surface area contributed by atoms with Gasteiger partial charge in [-0.25, -0.2) is 4.98 Å². The minimum atomic E-state index is -0.221. The maximum Gasteiger partial charge on any atom is 0.226 e. The number of aromatic nitrogens is 2. The molecule has 2 rings (SSSR count). The van der Waals surface area contributed by atoms with Crippen LogP contribution in [0.25, 0.3) is 0 Å². The second-order valence-electron chi connectivity index (χ2n) is 4.25. The molecule has 1 amide bonds. The van der Waals surface area contributed by atoms with Crippen molar-refractivity contribution in [3.05, 3.63) is 18.1 Å². The van der Waals surface area contributed by atoms with Gasteiger partial charge in [0.15, 0.2) is 5.82 Å². The van der Waals surface area contributed by atoms with Gasteiger partial charge in [0, 0.05) is 26.1 Å². The predicted octanol–water partition coefficient (Wildman–Crippen LogP) is -0.210. The van der Waals surface area contributed by atoms with Gasteiger partial charge in [-0.15, -0.1) is 0 Å². The number of β-amino-alcohol motifs (C(OH)–C–C–N with tert-alkyl or cyclic N) is 1. The quantitative estimate of drug-likeness (QED) is 0.756. The highest BCUT2D eigenvalue weighted by Crippen LogP contribution is 2.08. The average molecular weight is 236 g/mol. The molecule has 92 valence electrons. The largest absolute Gasteiger partial charge is 0.390 e. The molecule has 1 fully saturated rings. The number of hydrogen-bond acceptors (Lipinski definition) is 5. The van der Waals surface area contributed by atoms with Gasteiger partial charge in [0.2, 0.25) is 5.91 Å². The lowest BCUT2D eigenvalue weighted by molar-refractivity contribution is -0.117. The first-order valence-electron chi connectivity index (χ1n) is 5.62. The van der Waals surface area contributed by atoms with E-state index in [2.05, 4.69) is 15.3 Å². The number of likely N-dealkylation sites (tertiary alicyclic amines) is 1. The molecule has 0 aromatic carbocycles. The van der Waals surface area contributed by atoms with Gasteiger partial charge in [-0.05, 0) is 6.92 Å². The van der Waals surface area contributed by atoms with Crippen molar-refractivity contribution in [2.75, 3.05) is 25.0 Å². The number of aryl methyl sites for hydroxylation is 1. The fraction of sp³-hybridized carbons (Fsp3) is 0.545. The van der Waals surface area contributed by atoms with Crippen molar-refractivity contribution in [2.45, 2.75) is 19.4 Å². The Hall–Kier alpha value is -1.53. The van der Waals surface area contributed by atoms with Crippen LogP contribution in [-0.4, -0.2) is 51.6 Å². The summed E-state index contributed by atoms with van der Waals surface area (Å²) in [7, 11) is 0. The zero-order valence-corrected chi connectivity index (χ0v) is 9.76. The summed E-state index contributed by atoms with van der Waals surface area (Å²) in [6.07, 6.45) is 3.34. The summed E-state index contributed by atoms with van der Waals surface area (Å²) in [5.74, 6) is 0.397. The third-order valence-corrected chi connectivity index (χ3v) is 2.64. The van der Waals surface area contributed by atoms with Gasteiger partial charge in [-0.3, -0.25) is 14.7 Å². The number of amides is 1. The van der Waals surface area contributed by atoms with Crippen molar-refractivity contribution in [2.24, 2.45) is 0 Å². The van der Waals surface area contributed by atoms with Crippen LogP contribution in [0.4, 0.5) is 5.82 Å². The Balaban J connectivity index is 1.71. The first kappa shape index (κ1) is 11.9. The van der Waals surface area contributed by atoms with Gasteiger partial charge in [0.1, 0.15) is 0 Å². The lowest BCUT2D eigenvalue weighted by Crippen LogP contribution is -2.51. The molecule has 0 aliphatic carbocycles. The second-order valence-corrected chi connectivity index (χ2v) is 4.25. The molecular formula is C11H16N4O2. The van der Waals surface area contributed by atoms with Crippen molar-refractivity contribution < 1.29 is 9.90 Å². The molecule has 0 spiro atoms. The van der Waals surface area contributed by atoms with Crippen molar-refractivity contribution in [3.8, 4) is 0 Å². The molecule has 1 aliphatic rings. The van der Waals surface area contributed by atoms with Crippen LogP contribution in [0.3, 0.4) is 0 Å². The molecule has 0 bridgehead atoms. The van der Waals surface area contributed by atoms with E-state index in [4.69, 9.17) is 5.11 Å². The van der Waals surface area contributed by atoms with Crippen LogP contribution in [0.1, 0.15) is 12.1 Å². The molecule has 0 radical (unpaired) electrons. The average Bonchev–Trinajstić information content (AvgIpc) is 2.26. The van der Waals surface area contributed by atoms with Crippen LogP contribution in [0, 0.1) is 6.92 Å². The third-order valence-electron chi connectivity index (χ3n) is 2.64. The monoisotopic (exact) mass is 236 g/mol. The van der Waals surface area contributed by atoms with Gasteiger partial charge in [-0.2, -0.15) is 0 Å². The Morgan fingerprint density at radius 1 is 1.53 bits per heavy atom. The summed E-state index contributed by atoms with van der Waals surface area (Å²) in [5.41, 5.74) is 0.817. The zero-order valence-electron chi connectivity index (χ0n) is 9.76. The maximum absolute atomic E-state index is 11.6. The van der Waals surface area contributed by atoms with Crippen molar-refractivity contribution in [1.82, 2.24) is 14.9 Å². The third kappa shape index (κ3) is 3.47. The topological polar surface area (TPSA) is 78.4 Å². The predicted molar refractivity (Wildman–Crippen MR) is 62.5 cm³/mol. The number of carbonyl (C=O) groups is 1. The van der Waals surface area contributed by atoms with Crippen LogP contribution < -0.4 is 5.32 Å². The number of carbonyl (C=O) groups excluding carboxylic acids is 1. The first-order chi connectivity index (χ1) is 8.13. The SMILES string of the molecule is Cc1cnc(NC(=O)CCN2CC(O)C2)cn1. The molecule has 17 heavy (non-hydrogen) atoms. The molecular weight excluding hydrogens is 220 g/mol. The highest BCUT2D eigenvalue weighted by atomic mass is 16.3. The molecule has 0 saturated carbocycles. The van der Waals surface area contributed by atoms with E-state index in [1.165, 1.54) is 0 Å². The summed E-state index contributed by atoms with van der Waals surface area (Å²) >= 11 is 0. The molecule has 2 heterocycles. The smallest absolute Gasteiger partial charge is 0.226 e. The molecule has 1 saturated heterocycles. The summed E-state index contributed by atoms with van der Waals surface area (Å²) in [5, 5.41) is 11.8. The van der Waals surface area contributed by atoms with Gasteiger partial charge >= 0.3 is 0 Å². The van der Waals surface area contributed by atoms with Gasteiger partial charge in [0.25, 0.3) is 0 Å². The van der Waals surface area contributed by atoms with E-state index in [0.29, 0.717) is 31.9 Å². The Labute approximate surface area is 99.7 Å². The van der Waals surface area contributed by atoms with Gasteiger partial charge < -0.3 is 10.4 Å². The highest BCUT2D eigenvalue weighted by Gasteiger charge is 2.24. The van der Waals surface area contributed by atoms with Crippen LogP contribution in [0.15, 0.2) is 12.4 Å². The number of rotatable bonds is 4. The summed E-state index contributed by atoms with van der Waals surface area (Å²) < 4.78 is 0. The molecule has 1 aromatic heterocycles. The van der Waals surface area contributed by atoms with Crippen molar-refractivity contribution in [3.63, 3.8) is 0 Å². The van der Waals surface area contributed by atoms with E-state index >= 15 is 0 Å². The molecule has 0 unspecified atom stereocenters. The highest BCUT2D eigenvalue weighted by molar-refractivity contribution is 5.89. The normalized spacial score (nSPS) is 16.6. The van der Waals surface area contributed by atoms with Gasteiger partial charge in [0.05, 0.1) is 24.2 Å². The Kier molecular flexibility index (Phi) is 3.65. The van der Waals surface area contributed by atoms with E-state index in [9.17, 15) is 4.79 Å². The molecule has 1 aromatic rings. The summed E-state index contributed by atoms with van der Waals surface area (Å²) in [4.78, 5) is 21.7. The van der Waals surface area contributed by atoms with E-state index < -0.39 is 0 Å². The Bertz CT molecular complexity index is 387. The van der Waals surface area contributed by atoms with E-state index in [1.807, 2.05) is 11.8 Å². The number of nitrogens with zero attached hydrogens (tertiary/aromatic N) is 3. The molecule has 1 aliphatic heterocycles. The Morgan fingerprint density at radius 3 is 2.88 bits per heavy atom. The zero-order chi connectivity index (χ0) is 12.3. The van der Waals surface area contributed by atoms with Crippen molar-refractivity contribution >= 4 is 11.7 Å². The van der Waals surface area contributed by atoms with Crippen LogP contribution >= 0.6 is 0 Å². The Morgan fingerprint density at radius 2 is 2.29 bits per heavy atom. The van der Waals surface area contributed by atoms with Crippen LogP contribution in [0.2, 0.25) is 0 Å². The number of aliphatic hydroxyl groups is 1. The van der Waals surface area contributed by atoms with E-state index in [-0.39, 0.29) is 12.0 Å². The van der Waals surface area contributed by atoms with Gasteiger partial charge in [-0.1, -0.05) is 0 Å². The summed E-state index contributed by atoms with van der Waals surface area (Å²) in [6.45, 7) is 3.84. The first-order valence-corrected chi connectivity index (χ1v) is 5.62. The van der Waals surface area contributed by atoms with Crippen LogP contribution in [-0.2, 0) is 4.79 Å². The van der Waals surface area contributed by atoms with Crippen molar-refractivity contribution in [1.29, 1.82) is 0 Å². The molecule has 6 heteroatoms. The second kappa shape index (κ2) is 5.20. The number of aliphatic hydroxyl groups excluding tert-OH is 1. The maximum atomic E-state index is 11.6. The molecule has 6 nitrogen and oxygen atoms in total. The fourth-order valence-corrected chi connectivity index (χ4v) is 1.65. The number of anilines is 1. The summed E-state index contributed by atoms with van der Waals surface area (Å²) in [6, 6.07) is 0. The number of hydrogen-bond donors (Lipinski definition) is 2. The number of nitrogens with one attached hydrogen (secondary N) is 1. The minimum Gasteiger partial charge on any atom is -0.390 e. The fourth-order valence-electron chi connectivity index (χ4n) is 1.65. The lowest BCUT2D eigenvalue weighted by Gasteiger charge is -2.35. The molecule has 2 N–H and O–H groups in total. The standard InChI is InChI=1S/C11H16N4O2/c1-8-4-13-10(5-12-8)14-11(17)2-3-15-6-9(16)7-15/h4-5,9,16H,2-3,6-7H2,1H3,(H,13,14,17). The van der Waals surface area contributed by atoms with E-state index in [0.717, 1.165) is 5.69 Å². The van der Waals surface area contributed by atoms with E-state index in [1.54, 1.807) is 12.4 Å².